The van der Waals surface area contributed by atoms with Crippen molar-refractivity contribution < 1.29 is 9.90 Å². The highest BCUT2D eigenvalue weighted by atomic mass is 16.4. The zero-order chi connectivity index (χ0) is 28.0. The number of carboxylic acids is 1. The Balaban J connectivity index is 0.000000204. The van der Waals surface area contributed by atoms with Crippen LogP contribution in [0, 0.1) is 0 Å². The van der Waals surface area contributed by atoms with Gasteiger partial charge in [0.1, 0.15) is 0 Å². The van der Waals surface area contributed by atoms with E-state index in [2.05, 4.69) is 57.2 Å². The number of rotatable bonds is 12. The third-order valence-corrected chi connectivity index (χ3v) is 7.04. The third-order valence-electron chi connectivity index (χ3n) is 7.04. The van der Waals surface area contributed by atoms with Crippen LogP contribution in [0.1, 0.15) is 107 Å². The van der Waals surface area contributed by atoms with Crippen LogP contribution in [0.3, 0.4) is 0 Å². The van der Waals surface area contributed by atoms with Crippen molar-refractivity contribution >= 4 is 52.3 Å². The number of hydrogen-bond acceptors (Lipinski definition) is 3. The maximum Gasteiger partial charge on any atom is 0.303 e. The first-order valence-electron chi connectivity index (χ1n) is 14.8. The SMILES string of the molecule is C1=Cc2cc3ccc(cc4ccc(cc5nc(cc1n2)C=C5)[nH]4)[nH]3.CCCCCCCCCCCCCC(=O)O. The normalized spacial score (nSPS) is 11.8. The van der Waals surface area contributed by atoms with Crippen molar-refractivity contribution in [1.29, 1.82) is 0 Å². The standard InChI is InChI=1S/C20H14N4.C14H28O2/c1-2-14-10-16-5-6-18(23-16)12-20-8-7-19(24-20)11-17-4-3-15(22-17)9-13(1)21-14;1-2-3-4-5-6-7-8-9-10-11-12-13-14(15)16/h1-12,21-22H;2-13H2,1H3,(H,15,16). The number of fused-ring (bicyclic) bond motifs is 8. The molecule has 2 aliphatic heterocycles. The quantitative estimate of drug-likeness (QED) is 0.138. The predicted molar refractivity (Wildman–Crippen MR) is 168 cm³/mol. The molecule has 0 unspecified atom stereocenters. The van der Waals surface area contributed by atoms with Crippen LogP contribution in [-0.4, -0.2) is 31.0 Å². The topological polar surface area (TPSA) is 94.7 Å². The van der Waals surface area contributed by atoms with Crippen molar-refractivity contribution in [3.8, 4) is 0 Å². The highest BCUT2D eigenvalue weighted by Gasteiger charge is 2.02. The number of aromatic amines is 2. The fourth-order valence-electron chi connectivity index (χ4n) is 4.88. The molecule has 3 aromatic heterocycles. The van der Waals surface area contributed by atoms with Gasteiger partial charge in [-0.15, -0.1) is 0 Å². The lowest BCUT2D eigenvalue weighted by Crippen LogP contribution is -1.93. The number of aromatic nitrogens is 4. The van der Waals surface area contributed by atoms with Crippen molar-refractivity contribution in [3.63, 3.8) is 0 Å². The van der Waals surface area contributed by atoms with Gasteiger partial charge in [-0.25, -0.2) is 9.97 Å². The minimum absolute atomic E-state index is 0.344. The van der Waals surface area contributed by atoms with E-state index in [1.165, 1.54) is 57.8 Å². The van der Waals surface area contributed by atoms with Crippen LogP contribution in [0.25, 0.3) is 46.4 Å². The summed E-state index contributed by atoms with van der Waals surface area (Å²) in [6, 6.07) is 16.4. The van der Waals surface area contributed by atoms with Gasteiger partial charge in [-0.2, -0.15) is 0 Å². The van der Waals surface area contributed by atoms with Crippen molar-refractivity contribution in [3.05, 3.63) is 71.3 Å². The summed E-state index contributed by atoms with van der Waals surface area (Å²) in [6.07, 6.45) is 22.4. The fraction of sp³-hybridized carbons (Fsp3) is 0.382. The molecule has 0 spiro atoms. The van der Waals surface area contributed by atoms with Gasteiger partial charge >= 0.3 is 5.97 Å². The Kier molecular flexibility index (Phi) is 11.3. The van der Waals surface area contributed by atoms with Gasteiger partial charge in [0, 0.05) is 28.5 Å². The number of nitrogens with one attached hydrogen (secondary N) is 2. The van der Waals surface area contributed by atoms with E-state index < -0.39 is 5.97 Å². The third kappa shape index (κ3) is 9.99. The van der Waals surface area contributed by atoms with E-state index >= 15 is 0 Å². The molecule has 0 aliphatic carbocycles. The summed E-state index contributed by atoms with van der Waals surface area (Å²) in [5, 5.41) is 8.46. The average molecular weight is 539 g/mol. The minimum atomic E-state index is -0.657. The first kappa shape index (κ1) is 29.1. The molecule has 5 rings (SSSR count). The number of unbranched alkanes of at least 4 members (excludes halogenated alkanes) is 10. The largest absolute Gasteiger partial charge is 0.481 e. The van der Waals surface area contributed by atoms with Gasteiger partial charge in [-0.05, 0) is 79.3 Å². The molecular formula is C34H42N4O2. The van der Waals surface area contributed by atoms with E-state index in [-0.39, 0.29) is 0 Å². The van der Waals surface area contributed by atoms with Gasteiger partial charge in [0.05, 0.1) is 22.8 Å². The number of carbonyl (C=O) groups is 1. The zero-order valence-electron chi connectivity index (χ0n) is 23.7. The molecular weight excluding hydrogens is 496 g/mol. The molecule has 6 heteroatoms. The molecule has 8 bridgehead atoms. The molecule has 0 radical (unpaired) electrons. The number of aliphatic carboxylic acids is 1. The van der Waals surface area contributed by atoms with E-state index in [1.807, 2.05) is 42.5 Å². The molecule has 2 aliphatic rings. The molecule has 6 nitrogen and oxygen atoms in total. The van der Waals surface area contributed by atoms with E-state index in [9.17, 15) is 4.79 Å². The molecule has 3 N–H and O–H groups in total. The maximum absolute atomic E-state index is 10.3. The van der Waals surface area contributed by atoms with E-state index in [0.717, 1.165) is 57.7 Å². The minimum Gasteiger partial charge on any atom is -0.481 e. The molecule has 40 heavy (non-hydrogen) atoms. The van der Waals surface area contributed by atoms with Crippen LogP contribution < -0.4 is 0 Å². The summed E-state index contributed by atoms with van der Waals surface area (Å²) in [5.41, 5.74) is 7.86. The lowest BCUT2D eigenvalue weighted by Gasteiger charge is -2.01. The highest BCUT2D eigenvalue weighted by Crippen LogP contribution is 2.17. The van der Waals surface area contributed by atoms with Gasteiger partial charge in [0.15, 0.2) is 0 Å². The second kappa shape index (κ2) is 15.6. The van der Waals surface area contributed by atoms with Crippen LogP contribution in [-0.2, 0) is 4.79 Å². The second-order valence-electron chi connectivity index (χ2n) is 10.6. The van der Waals surface area contributed by atoms with E-state index in [4.69, 9.17) is 5.11 Å². The Morgan fingerprint density at radius 3 is 1.38 bits per heavy atom. The highest BCUT2D eigenvalue weighted by molar-refractivity contribution is 5.77. The summed E-state index contributed by atoms with van der Waals surface area (Å²) in [6.45, 7) is 2.25. The summed E-state index contributed by atoms with van der Waals surface area (Å²) < 4.78 is 0. The summed E-state index contributed by atoms with van der Waals surface area (Å²) in [4.78, 5) is 26.3. The molecule has 3 aromatic rings. The van der Waals surface area contributed by atoms with Gasteiger partial charge in [-0.3, -0.25) is 4.79 Å². The number of nitrogens with zero attached hydrogens (tertiary/aromatic N) is 2. The molecule has 0 atom stereocenters. The Morgan fingerprint density at radius 1 is 0.575 bits per heavy atom. The lowest BCUT2D eigenvalue weighted by molar-refractivity contribution is -0.137. The molecule has 210 valence electrons. The summed E-state index contributed by atoms with van der Waals surface area (Å²) in [5.74, 6) is -0.657. The van der Waals surface area contributed by atoms with Crippen molar-refractivity contribution in [2.75, 3.05) is 0 Å². The van der Waals surface area contributed by atoms with Crippen molar-refractivity contribution in [2.45, 2.75) is 84.0 Å². The second-order valence-corrected chi connectivity index (χ2v) is 10.6. The molecule has 0 fully saturated rings. The molecule has 5 heterocycles. The van der Waals surface area contributed by atoms with Crippen LogP contribution in [0.2, 0.25) is 0 Å². The molecule has 0 saturated carbocycles. The number of hydrogen-bond donors (Lipinski definition) is 3. The number of H-pyrrole nitrogens is 2. The van der Waals surface area contributed by atoms with Crippen LogP contribution in [0.15, 0.2) is 48.5 Å². The van der Waals surface area contributed by atoms with Gasteiger partial charge in [0.25, 0.3) is 0 Å². The van der Waals surface area contributed by atoms with Gasteiger partial charge < -0.3 is 15.1 Å². The maximum atomic E-state index is 10.3. The smallest absolute Gasteiger partial charge is 0.303 e. The zero-order valence-corrected chi connectivity index (χ0v) is 23.7. The summed E-state index contributed by atoms with van der Waals surface area (Å²) >= 11 is 0. The predicted octanol–water partition coefficient (Wildman–Crippen LogP) is 9.43. The molecule has 0 amide bonds. The van der Waals surface area contributed by atoms with E-state index in [1.54, 1.807) is 0 Å². The Hall–Kier alpha value is -3.93. The van der Waals surface area contributed by atoms with Crippen molar-refractivity contribution in [2.24, 2.45) is 0 Å². The number of carboxylic acid groups (broad SMARTS) is 1. The Bertz CT molecular complexity index is 1370. The van der Waals surface area contributed by atoms with Crippen LogP contribution >= 0.6 is 0 Å². The lowest BCUT2D eigenvalue weighted by atomic mass is 10.1. The first-order chi connectivity index (χ1) is 19.6. The fourth-order valence-corrected chi connectivity index (χ4v) is 4.88. The van der Waals surface area contributed by atoms with Crippen molar-refractivity contribution in [1.82, 2.24) is 19.9 Å². The summed E-state index contributed by atoms with van der Waals surface area (Å²) in [7, 11) is 0. The first-order valence-corrected chi connectivity index (χ1v) is 14.8. The molecule has 0 saturated heterocycles. The van der Waals surface area contributed by atoms with Crippen LogP contribution in [0.4, 0.5) is 0 Å². The van der Waals surface area contributed by atoms with Gasteiger partial charge in [0.2, 0.25) is 0 Å². The Morgan fingerprint density at radius 2 is 0.950 bits per heavy atom. The Labute approximate surface area is 237 Å². The molecule has 0 aromatic carbocycles. The average Bonchev–Trinajstić information content (AvgIpc) is 3.74. The monoisotopic (exact) mass is 538 g/mol. The van der Waals surface area contributed by atoms with Gasteiger partial charge in [-0.1, -0.05) is 71.1 Å². The van der Waals surface area contributed by atoms with Crippen LogP contribution in [0.5, 0.6) is 0 Å². The van der Waals surface area contributed by atoms with E-state index in [0.29, 0.717) is 6.42 Å².